The van der Waals surface area contributed by atoms with Gasteiger partial charge in [0.2, 0.25) is 0 Å². The van der Waals surface area contributed by atoms with Crippen LogP contribution in [0.5, 0.6) is 0 Å². The third kappa shape index (κ3) is 1.80. The molecule has 2 heterocycles. The first-order chi connectivity index (χ1) is 12.1. The third-order valence-electron chi connectivity index (χ3n) is 6.66. The van der Waals surface area contributed by atoms with Crippen LogP contribution in [-0.4, -0.2) is 4.57 Å². The van der Waals surface area contributed by atoms with Crippen LogP contribution < -0.4 is 4.90 Å². The third-order valence-corrected chi connectivity index (χ3v) is 6.66. The Hall–Kier alpha value is -2.22. The van der Waals surface area contributed by atoms with E-state index >= 15 is 0 Å². The van der Waals surface area contributed by atoms with Crippen molar-refractivity contribution < 1.29 is 0 Å². The minimum atomic E-state index is 0.161. The van der Waals surface area contributed by atoms with Crippen molar-refractivity contribution in [3.63, 3.8) is 0 Å². The van der Waals surface area contributed by atoms with Crippen LogP contribution >= 0.6 is 0 Å². The number of rotatable bonds is 1. The number of fused-ring (bicyclic) bond motifs is 4. The van der Waals surface area contributed by atoms with Crippen LogP contribution in [0.4, 0.5) is 5.69 Å². The number of aryl methyl sites for hydroxylation is 2. The molecule has 1 fully saturated rings. The molecule has 0 bridgehead atoms. The fraction of sp³-hybridized carbons (Fsp3) is 0.391. The molecule has 1 unspecified atom stereocenters. The first-order valence-electron chi connectivity index (χ1n) is 9.58. The molecule has 2 aliphatic rings. The van der Waals surface area contributed by atoms with E-state index in [-0.39, 0.29) is 5.54 Å². The molecule has 0 radical (unpaired) electrons. The summed E-state index contributed by atoms with van der Waals surface area (Å²) in [4.78, 5) is 2.76. The first kappa shape index (κ1) is 15.1. The lowest BCUT2D eigenvalue weighted by molar-refractivity contribution is 0.398. The highest BCUT2D eigenvalue weighted by Crippen LogP contribution is 2.58. The maximum Gasteiger partial charge on any atom is 0.0814 e. The molecule has 3 aromatic rings. The molecule has 1 aliphatic heterocycles. The second-order valence-corrected chi connectivity index (χ2v) is 7.91. The number of hydrogen-bond donors (Lipinski definition) is 0. The van der Waals surface area contributed by atoms with Gasteiger partial charge in [0.25, 0.3) is 0 Å². The lowest BCUT2D eigenvalue weighted by Crippen LogP contribution is -2.41. The second-order valence-electron chi connectivity index (χ2n) is 7.91. The molecule has 2 aromatic carbocycles. The van der Waals surface area contributed by atoms with Crippen LogP contribution in [0.2, 0.25) is 0 Å². The SMILES string of the molecule is Cc1ccccc1N1C(C)c2c(n(C)c3ccccc23)C12CCCC2. The van der Waals surface area contributed by atoms with Gasteiger partial charge in [0.05, 0.1) is 11.6 Å². The van der Waals surface area contributed by atoms with Gasteiger partial charge >= 0.3 is 0 Å². The number of benzene rings is 2. The maximum atomic E-state index is 2.76. The molecule has 0 saturated heterocycles. The minimum absolute atomic E-state index is 0.161. The molecule has 1 aliphatic carbocycles. The van der Waals surface area contributed by atoms with Crippen LogP contribution in [0.3, 0.4) is 0 Å². The Morgan fingerprint density at radius 1 is 0.960 bits per heavy atom. The van der Waals surface area contributed by atoms with Crippen LogP contribution in [0.1, 0.15) is 55.5 Å². The van der Waals surface area contributed by atoms with Crippen molar-refractivity contribution in [1.82, 2.24) is 4.57 Å². The second kappa shape index (κ2) is 5.14. The van der Waals surface area contributed by atoms with Gasteiger partial charge in [-0.25, -0.2) is 0 Å². The summed E-state index contributed by atoms with van der Waals surface area (Å²) in [6.45, 7) is 4.66. The highest BCUT2D eigenvalue weighted by Gasteiger charge is 2.53. The Kier molecular flexibility index (Phi) is 3.10. The zero-order valence-corrected chi connectivity index (χ0v) is 15.4. The molecule has 0 amide bonds. The summed E-state index contributed by atoms with van der Waals surface area (Å²) in [6, 6.07) is 18.3. The standard InChI is InChI=1S/C23H26N2/c1-16-10-4-6-12-19(16)25-17(2)21-18-11-5-7-13-20(18)24(3)22(21)23(25)14-8-9-15-23/h4-7,10-13,17H,8-9,14-15H2,1-3H3. The van der Waals surface area contributed by atoms with Crippen molar-refractivity contribution in [2.75, 3.05) is 4.90 Å². The van der Waals surface area contributed by atoms with Gasteiger partial charge < -0.3 is 9.47 Å². The van der Waals surface area contributed by atoms with Gasteiger partial charge in [-0.2, -0.15) is 0 Å². The largest absolute Gasteiger partial charge is 0.353 e. The summed E-state index contributed by atoms with van der Waals surface area (Å²) in [7, 11) is 2.27. The number of anilines is 1. The Labute approximate surface area is 150 Å². The molecule has 1 atom stereocenters. The molecule has 5 rings (SSSR count). The fourth-order valence-electron chi connectivity index (χ4n) is 5.73. The van der Waals surface area contributed by atoms with E-state index in [1.54, 1.807) is 11.3 Å². The van der Waals surface area contributed by atoms with Gasteiger partial charge in [-0.15, -0.1) is 0 Å². The Morgan fingerprint density at radius 2 is 1.64 bits per heavy atom. The molecule has 25 heavy (non-hydrogen) atoms. The first-order valence-corrected chi connectivity index (χ1v) is 9.58. The molecular formula is C23H26N2. The van der Waals surface area contributed by atoms with Crippen LogP contribution in [0.25, 0.3) is 10.9 Å². The summed E-state index contributed by atoms with van der Waals surface area (Å²) >= 11 is 0. The molecule has 2 heteroatoms. The molecule has 2 nitrogen and oxygen atoms in total. The van der Waals surface area contributed by atoms with E-state index < -0.39 is 0 Å². The number of hydrogen-bond acceptors (Lipinski definition) is 1. The summed E-state index contributed by atoms with van der Waals surface area (Å²) < 4.78 is 2.49. The van der Waals surface area contributed by atoms with Crippen molar-refractivity contribution >= 4 is 16.6 Å². The normalized spacial score (nSPS) is 21.4. The number of nitrogens with zero attached hydrogens (tertiary/aromatic N) is 2. The molecular weight excluding hydrogens is 304 g/mol. The molecule has 1 spiro atoms. The molecule has 1 saturated carbocycles. The monoisotopic (exact) mass is 330 g/mol. The molecule has 0 N–H and O–H groups in total. The summed E-state index contributed by atoms with van der Waals surface area (Å²) in [6.07, 6.45) is 5.19. The molecule has 128 valence electrons. The predicted molar refractivity (Wildman–Crippen MR) is 105 cm³/mol. The van der Waals surface area contributed by atoms with Gasteiger partial charge in [-0.3, -0.25) is 0 Å². The van der Waals surface area contributed by atoms with Crippen LogP contribution in [0.15, 0.2) is 48.5 Å². The van der Waals surface area contributed by atoms with Crippen molar-refractivity contribution in [1.29, 1.82) is 0 Å². The summed E-state index contributed by atoms with van der Waals surface area (Å²) in [5.41, 5.74) is 7.48. The van der Waals surface area contributed by atoms with Crippen molar-refractivity contribution in [3.8, 4) is 0 Å². The van der Waals surface area contributed by atoms with Gasteiger partial charge in [0.15, 0.2) is 0 Å². The highest BCUT2D eigenvalue weighted by molar-refractivity contribution is 5.89. The van der Waals surface area contributed by atoms with E-state index in [1.165, 1.54) is 47.8 Å². The van der Waals surface area contributed by atoms with Crippen LogP contribution in [-0.2, 0) is 12.6 Å². The van der Waals surface area contributed by atoms with E-state index in [2.05, 4.69) is 78.9 Å². The van der Waals surface area contributed by atoms with Crippen molar-refractivity contribution in [2.24, 2.45) is 7.05 Å². The average molecular weight is 330 g/mol. The number of para-hydroxylation sites is 2. The maximum absolute atomic E-state index is 2.76. The van der Waals surface area contributed by atoms with E-state index in [1.807, 2.05) is 0 Å². The highest BCUT2D eigenvalue weighted by atomic mass is 15.3. The van der Waals surface area contributed by atoms with E-state index in [0.29, 0.717) is 6.04 Å². The summed E-state index contributed by atoms with van der Waals surface area (Å²) in [5.74, 6) is 0. The zero-order chi connectivity index (χ0) is 17.2. The molecule has 1 aromatic heterocycles. The summed E-state index contributed by atoms with van der Waals surface area (Å²) in [5, 5.41) is 1.44. The Bertz CT molecular complexity index is 959. The zero-order valence-electron chi connectivity index (χ0n) is 15.4. The van der Waals surface area contributed by atoms with Gasteiger partial charge in [-0.1, -0.05) is 49.2 Å². The van der Waals surface area contributed by atoms with E-state index in [0.717, 1.165) is 0 Å². The topological polar surface area (TPSA) is 8.17 Å². The van der Waals surface area contributed by atoms with Gasteiger partial charge in [0.1, 0.15) is 0 Å². The quantitative estimate of drug-likeness (QED) is 0.544. The Morgan fingerprint density at radius 3 is 2.40 bits per heavy atom. The fourth-order valence-corrected chi connectivity index (χ4v) is 5.73. The lowest BCUT2D eigenvalue weighted by Gasteiger charge is -2.41. The lowest BCUT2D eigenvalue weighted by atomic mass is 9.92. The Balaban J connectivity index is 1.83. The van der Waals surface area contributed by atoms with Crippen molar-refractivity contribution in [2.45, 2.75) is 51.1 Å². The minimum Gasteiger partial charge on any atom is -0.353 e. The van der Waals surface area contributed by atoms with Crippen molar-refractivity contribution in [3.05, 3.63) is 65.4 Å². The van der Waals surface area contributed by atoms with E-state index in [9.17, 15) is 0 Å². The van der Waals surface area contributed by atoms with E-state index in [4.69, 9.17) is 0 Å². The van der Waals surface area contributed by atoms with Gasteiger partial charge in [0, 0.05) is 34.9 Å². The van der Waals surface area contributed by atoms with Gasteiger partial charge in [-0.05, 0) is 44.4 Å². The average Bonchev–Trinajstić information content (AvgIpc) is 3.27. The smallest absolute Gasteiger partial charge is 0.0814 e. The van der Waals surface area contributed by atoms with Crippen LogP contribution in [0, 0.1) is 6.92 Å². The predicted octanol–water partition coefficient (Wildman–Crippen LogP) is 5.84. The number of aromatic nitrogens is 1.